The average Bonchev–Trinajstić information content (AvgIpc) is 2.49. The lowest BCUT2D eigenvalue weighted by Gasteiger charge is -2.13. The van der Waals surface area contributed by atoms with Gasteiger partial charge >= 0.3 is 8.25 Å². The molecule has 0 amide bonds. The van der Waals surface area contributed by atoms with Crippen molar-refractivity contribution in [3.05, 3.63) is 0 Å². The van der Waals surface area contributed by atoms with E-state index < -0.39 is 8.25 Å². The lowest BCUT2D eigenvalue weighted by atomic mass is 10.6. The molecule has 0 aromatic rings. The van der Waals surface area contributed by atoms with Crippen LogP contribution in [0.1, 0.15) is 80.1 Å². The normalized spacial score (nSPS) is 9.68. The van der Waals surface area contributed by atoms with Crippen LogP contribution in [0.2, 0.25) is 0 Å². The van der Waals surface area contributed by atoms with Crippen molar-refractivity contribution in [1.29, 1.82) is 0 Å². The van der Waals surface area contributed by atoms with Crippen molar-refractivity contribution in [2.45, 2.75) is 80.1 Å². The van der Waals surface area contributed by atoms with E-state index in [1.165, 1.54) is 75.5 Å². The Morgan fingerprint density at radius 3 is 0.760 bits per heavy atom. The Bertz CT molecular complexity index is 197. The largest absolute Gasteiger partial charge is 0.692 e. The Morgan fingerprint density at radius 2 is 0.680 bits per heavy atom. The van der Waals surface area contributed by atoms with Gasteiger partial charge in [-0.2, -0.15) is 0 Å². The van der Waals surface area contributed by atoms with Gasteiger partial charge in [-0.1, -0.05) is 80.1 Å². The summed E-state index contributed by atoms with van der Waals surface area (Å²) in [6.07, 6.45) is 17.4. The van der Waals surface area contributed by atoms with Crippen LogP contribution in [0.5, 0.6) is 0 Å². The summed E-state index contributed by atoms with van der Waals surface area (Å²) < 4.78 is 8.70. The van der Waals surface area contributed by atoms with Crippen LogP contribution in [0, 0.1) is 0 Å². The minimum Gasteiger partial charge on any atom is -0.134 e. The number of hydrogen-bond acceptors (Lipinski definition) is 1. The molecule has 0 rings (SSSR count). The van der Waals surface area contributed by atoms with Crippen molar-refractivity contribution >= 4 is 41.1 Å². The summed E-state index contributed by atoms with van der Waals surface area (Å²) in [7, 11) is -1.99. The fourth-order valence-electron chi connectivity index (χ4n) is 2.57. The molecule has 0 aliphatic carbocycles. The lowest BCUT2D eigenvalue weighted by molar-refractivity contribution is 0.405. The molecule has 0 saturated heterocycles. The van der Waals surface area contributed by atoms with Crippen molar-refractivity contribution in [3.63, 3.8) is 0 Å². The monoisotopic (exact) mass is 481 g/mol. The quantitative estimate of drug-likeness (QED) is 0.282. The smallest absolute Gasteiger partial charge is 0.134 e. The molecule has 0 aliphatic heterocycles. The predicted octanol–water partition coefficient (Wildman–Crippen LogP) is 7.60. The van der Waals surface area contributed by atoms with Crippen LogP contribution in [-0.4, -0.2) is 46.8 Å². The second-order valence-corrected chi connectivity index (χ2v) is 11.8. The first-order chi connectivity index (χ1) is 11.4. The zero-order chi connectivity index (χ0) is 19.2. The molecular formula is C18H45BrO3P3+. The first-order valence-corrected chi connectivity index (χ1v) is 14.7. The molecular weight excluding hydrogens is 437 g/mol. The first kappa shape index (κ1) is 33.9. The number of rotatable bonds is 12. The van der Waals surface area contributed by atoms with E-state index >= 15 is 0 Å². The molecule has 0 unspecified atom stereocenters. The third kappa shape index (κ3) is 36.9. The molecule has 0 saturated carbocycles. The molecule has 2 N–H and O–H groups in total. The van der Waals surface area contributed by atoms with Gasteiger partial charge in [0.05, 0.1) is 0 Å². The average molecular weight is 482 g/mol. The number of halogens is 1. The number of hydrogen-bond donors (Lipinski definition) is 2. The van der Waals surface area contributed by atoms with Gasteiger partial charge in [-0.3, -0.25) is 0 Å². The van der Waals surface area contributed by atoms with E-state index in [1.54, 1.807) is 0 Å². The second-order valence-electron chi connectivity index (χ2n) is 5.94. The summed E-state index contributed by atoms with van der Waals surface area (Å²) in [6, 6.07) is 0. The van der Waals surface area contributed by atoms with Gasteiger partial charge in [0.1, 0.15) is 0 Å². The van der Waals surface area contributed by atoms with Crippen molar-refractivity contribution in [2.75, 3.05) is 37.0 Å². The summed E-state index contributed by atoms with van der Waals surface area (Å²) >= 11 is 0. The molecule has 0 heterocycles. The van der Waals surface area contributed by atoms with Crippen LogP contribution in [0.25, 0.3) is 0 Å². The second kappa shape index (κ2) is 30.1. The van der Waals surface area contributed by atoms with Crippen LogP contribution in [-0.2, 0) is 4.57 Å². The highest BCUT2D eigenvalue weighted by atomic mass is 79.9. The minimum atomic E-state index is -2.87. The topological polar surface area (TPSA) is 57.5 Å². The Morgan fingerprint density at radius 1 is 0.560 bits per heavy atom. The van der Waals surface area contributed by atoms with Gasteiger partial charge in [-0.05, 0) is 37.0 Å². The standard InChI is InChI=1S/2C9H21P.BrH.HO3P/c2*1-4-7-10(8-5-2)9-6-3;;1-4(2)3/h2*4-9H2,1-3H3;1H;(H-,1,2,3)/p+1. The molecule has 0 aromatic heterocycles. The maximum atomic E-state index is 8.70. The van der Waals surface area contributed by atoms with Gasteiger partial charge in [-0.15, -0.1) is 42.6 Å². The van der Waals surface area contributed by atoms with Gasteiger partial charge in [0, 0.05) is 4.57 Å². The maximum absolute atomic E-state index is 8.70. The van der Waals surface area contributed by atoms with Crippen molar-refractivity contribution in [1.82, 2.24) is 0 Å². The molecule has 0 bridgehead atoms. The van der Waals surface area contributed by atoms with Crippen LogP contribution >= 0.6 is 41.1 Å². The molecule has 0 spiro atoms. The van der Waals surface area contributed by atoms with Crippen molar-refractivity contribution in [3.8, 4) is 0 Å². The predicted molar refractivity (Wildman–Crippen MR) is 127 cm³/mol. The molecule has 0 radical (unpaired) electrons. The van der Waals surface area contributed by atoms with Crippen LogP contribution in [0.15, 0.2) is 0 Å². The SMILES string of the molecule is Br.CCCP(CCC)CCC.CCCP(CCC)CCC.O=[P+](O)O. The third-order valence-corrected chi connectivity index (χ3v) is 9.72. The van der Waals surface area contributed by atoms with E-state index in [4.69, 9.17) is 14.4 Å². The van der Waals surface area contributed by atoms with E-state index in [0.29, 0.717) is 15.8 Å². The fourth-order valence-corrected chi connectivity index (χ4v) is 7.70. The van der Waals surface area contributed by atoms with Gasteiger partial charge in [0.25, 0.3) is 0 Å². The zero-order valence-corrected chi connectivity index (χ0v) is 21.9. The lowest BCUT2D eigenvalue weighted by Crippen LogP contribution is -1.92. The Balaban J connectivity index is -0.000000141. The van der Waals surface area contributed by atoms with Gasteiger partial charge in [0.2, 0.25) is 0 Å². The molecule has 25 heavy (non-hydrogen) atoms. The van der Waals surface area contributed by atoms with Gasteiger partial charge < -0.3 is 0 Å². The van der Waals surface area contributed by atoms with Crippen LogP contribution < -0.4 is 0 Å². The van der Waals surface area contributed by atoms with E-state index in [1.807, 2.05) is 0 Å². The summed E-state index contributed by atoms with van der Waals surface area (Å²) in [5.74, 6) is 0. The highest BCUT2D eigenvalue weighted by Gasteiger charge is 2.03. The fraction of sp³-hybridized carbons (Fsp3) is 1.00. The molecule has 7 heteroatoms. The Labute approximate surface area is 172 Å². The molecule has 0 aliphatic rings. The van der Waals surface area contributed by atoms with Crippen LogP contribution in [0.3, 0.4) is 0 Å². The summed E-state index contributed by atoms with van der Waals surface area (Å²) in [6.45, 7) is 13.8. The maximum Gasteiger partial charge on any atom is 0.692 e. The summed E-state index contributed by atoms with van der Waals surface area (Å²) in [5.41, 5.74) is 0. The molecule has 156 valence electrons. The summed E-state index contributed by atoms with van der Waals surface area (Å²) in [5, 5.41) is 0. The highest BCUT2D eigenvalue weighted by Crippen LogP contribution is 2.37. The van der Waals surface area contributed by atoms with E-state index in [0.717, 1.165) is 0 Å². The molecule has 0 fully saturated rings. The first-order valence-electron chi connectivity index (χ1n) is 9.72. The highest BCUT2D eigenvalue weighted by molar-refractivity contribution is 8.93. The van der Waals surface area contributed by atoms with E-state index in [2.05, 4.69) is 41.5 Å². The van der Waals surface area contributed by atoms with Crippen molar-refractivity contribution < 1.29 is 14.4 Å². The van der Waals surface area contributed by atoms with Gasteiger partial charge in [0.15, 0.2) is 0 Å². The molecule has 0 atom stereocenters. The third-order valence-electron chi connectivity index (χ3n) is 3.24. The van der Waals surface area contributed by atoms with E-state index in [-0.39, 0.29) is 17.0 Å². The zero-order valence-electron chi connectivity index (χ0n) is 17.5. The van der Waals surface area contributed by atoms with Crippen molar-refractivity contribution in [2.24, 2.45) is 0 Å². The molecule has 3 nitrogen and oxygen atoms in total. The summed E-state index contributed by atoms with van der Waals surface area (Å²) in [4.78, 5) is 14.2. The van der Waals surface area contributed by atoms with Crippen LogP contribution in [0.4, 0.5) is 0 Å². The Kier molecular flexibility index (Phi) is 40.8. The Hall–Kier alpha value is 1.36. The van der Waals surface area contributed by atoms with Gasteiger partial charge in [-0.25, -0.2) is 0 Å². The minimum absolute atomic E-state index is 0. The molecule has 0 aromatic carbocycles. The van der Waals surface area contributed by atoms with E-state index in [9.17, 15) is 0 Å².